The third-order valence-electron chi connectivity index (χ3n) is 2.71. The predicted molar refractivity (Wildman–Crippen MR) is 60.9 cm³/mol. The van der Waals surface area contributed by atoms with E-state index in [-0.39, 0.29) is 0 Å². The number of hydrogen-bond donors (Lipinski definition) is 1. The maximum absolute atomic E-state index is 11.9. The number of ether oxygens (including phenoxy) is 2. The number of nitrogens with one attached hydrogen (secondary N) is 1. The molecule has 17 heavy (non-hydrogen) atoms. The summed E-state index contributed by atoms with van der Waals surface area (Å²) in [5.41, 5.74) is -0.0671. The molecule has 0 unspecified atom stereocenters. The van der Waals surface area contributed by atoms with Gasteiger partial charge in [-0.1, -0.05) is 6.07 Å². The lowest BCUT2D eigenvalue weighted by atomic mass is 10.0. The van der Waals surface area contributed by atoms with E-state index in [1.54, 1.807) is 12.1 Å². The van der Waals surface area contributed by atoms with Crippen LogP contribution in [0.4, 0.5) is 5.69 Å². The zero-order chi connectivity index (χ0) is 12.6. The van der Waals surface area contributed by atoms with Crippen LogP contribution in [0.3, 0.4) is 0 Å². The van der Waals surface area contributed by atoms with Crippen LogP contribution >= 0.6 is 0 Å². The van der Waals surface area contributed by atoms with E-state index in [9.17, 15) is 9.59 Å². The van der Waals surface area contributed by atoms with Gasteiger partial charge >= 0.3 is 5.97 Å². The van der Waals surface area contributed by atoms with Crippen molar-refractivity contribution in [3.05, 3.63) is 23.8 Å². The second-order valence-corrected chi connectivity index (χ2v) is 4.08. The van der Waals surface area contributed by atoms with E-state index < -0.39 is 17.5 Å². The number of carbonyl (C=O) groups is 2. The number of hydrogen-bond acceptors (Lipinski definition) is 4. The molecule has 0 saturated carbocycles. The van der Waals surface area contributed by atoms with E-state index in [1.807, 2.05) is 13.0 Å². The van der Waals surface area contributed by atoms with E-state index >= 15 is 0 Å². The number of aryl methyl sites for hydroxylation is 1. The van der Waals surface area contributed by atoms with Crippen LogP contribution < -0.4 is 10.1 Å². The summed E-state index contributed by atoms with van der Waals surface area (Å²) in [4.78, 5) is 23.4. The van der Waals surface area contributed by atoms with Crippen molar-refractivity contribution in [2.75, 3.05) is 12.4 Å². The molecule has 1 aliphatic rings. The third kappa shape index (κ3) is 1.73. The lowest BCUT2D eigenvalue weighted by molar-refractivity contribution is -0.162. The fraction of sp³-hybridized carbons (Fsp3) is 0.333. The molecule has 1 aromatic rings. The van der Waals surface area contributed by atoms with Crippen LogP contribution in [-0.2, 0) is 14.3 Å². The van der Waals surface area contributed by atoms with Crippen LogP contribution in [0.25, 0.3) is 0 Å². The van der Waals surface area contributed by atoms with Gasteiger partial charge in [-0.15, -0.1) is 0 Å². The number of methoxy groups -OCH3 is 1. The highest BCUT2D eigenvalue weighted by Crippen LogP contribution is 2.34. The quantitative estimate of drug-likeness (QED) is 0.588. The summed E-state index contributed by atoms with van der Waals surface area (Å²) in [5.74, 6) is -0.785. The molecule has 1 amide bonds. The van der Waals surface area contributed by atoms with Crippen molar-refractivity contribution in [2.24, 2.45) is 0 Å². The molecule has 0 bridgehead atoms. The van der Waals surface area contributed by atoms with Crippen molar-refractivity contribution in [3.63, 3.8) is 0 Å². The van der Waals surface area contributed by atoms with Crippen LogP contribution in [0.5, 0.6) is 5.75 Å². The summed E-state index contributed by atoms with van der Waals surface area (Å²) in [6.07, 6.45) is 0. The van der Waals surface area contributed by atoms with Gasteiger partial charge in [0, 0.05) is 0 Å². The van der Waals surface area contributed by atoms with E-state index in [4.69, 9.17) is 4.74 Å². The molecule has 0 aromatic heterocycles. The predicted octanol–water partition coefficient (Wildman–Crippen LogP) is 1.26. The average Bonchev–Trinajstić information content (AvgIpc) is 2.30. The van der Waals surface area contributed by atoms with Gasteiger partial charge in [0.25, 0.3) is 11.5 Å². The van der Waals surface area contributed by atoms with E-state index in [1.165, 1.54) is 14.0 Å². The maximum Gasteiger partial charge on any atom is 0.359 e. The van der Waals surface area contributed by atoms with Crippen molar-refractivity contribution in [1.82, 2.24) is 0 Å². The molecular weight excluding hydrogens is 222 g/mol. The highest BCUT2D eigenvalue weighted by Gasteiger charge is 2.48. The Labute approximate surface area is 98.7 Å². The molecule has 0 radical (unpaired) electrons. The molecule has 1 heterocycles. The molecule has 5 nitrogen and oxygen atoms in total. The van der Waals surface area contributed by atoms with Crippen LogP contribution in [0.2, 0.25) is 0 Å². The number of rotatable bonds is 1. The Morgan fingerprint density at radius 1 is 1.47 bits per heavy atom. The summed E-state index contributed by atoms with van der Waals surface area (Å²) >= 11 is 0. The van der Waals surface area contributed by atoms with Gasteiger partial charge < -0.3 is 14.8 Å². The maximum atomic E-state index is 11.9. The molecule has 0 aliphatic carbocycles. The summed E-state index contributed by atoms with van der Waals surface area (Å²) < 4.78 is 10.0. The van der Waals surface area contributed by atoms with Gasteiger partial charge in [0.2, 0.25) is 0 Å². The largest absolute Gasteiger partial charge is 0.466 e. The second-order valence-electron chi connectivity index (χ2n) is 4.08. The topological polar surface area (TPSA) is 64.6 Å². The molecule has 1 atom stereocenters. The Bertz CT molecular complexity index is 497. The van der Waals surface area contributed by atoms with Gasteiger partial charge in [-0.25, -0.2) is 4.79 Å². The Morgan fingerprint density at radius 2 is 2.18 bits per heavy atom. The Morgan fingerprint density at radius 3 is 2.82 bits per heavy atom. The third-order valence-corrected chi connectivity index (χ3v) is 2.71. The van der Waals surface area contributed by atoms with Crippen molar-refractivity contribution >= 4 is 17.6 Å². The number of anilines is 1. The molecule has 5 heteroatoms. The van der Waals surface area contributed by atoms with Gasteiger partial charge in [-0.05, 0) is 31.5 Å². The first-order valence-corrected chi connectivity index (χ1v) is 5.17. The van der Waals surface area contributed by atoms with Crippen LogP contribution in [0.15, 0.2) is 18.2 Å². The first-order valence-electron chi connectivity index (χ1n) is 5.17. The van der Waals surface area contributed by atoms with Gasteiger partial charge in [-0.2, -0.15) is 0 Å². The van der Waals surface area contributed by atoms with Gasteiger partial charge in [-0.3, -0.25) is 4.79 Å². The fourth-order valence-electron chi connectivity index (χ4n) is 1.67. The molecule has 1 aromatic carbocycles. The van der Waals surface area contributed by atoms with Crippen LogP contribution in [0, 0.1) is 6.92 Å². The van der Waals surface area contributed by atoms with E-state index in [2.05, 4.69) is 10.1 Å². The minimum Gasteiger partial charge on any atom is -0.466 e. The zero-order valence-corrected chi connectivity index (χ0v) is 9.87. The standard InChI is InChI=1S/C12H13NO4/c1-7-4-5-9-8(6-7)13-10(14)12(2,17-9)11(15)16-3/h4-6H,1-3H3,(H,13,14)/t12-/m1/s1. The summed E-state index contributed by atoms with van der Waals surface area (Å²) in [7, 11) is 1.22. The SMILES string of the molecule is COC(=O)[C@]1(C)Oc2ccc(C)cc2NC1=O. The highest BCUT2D eigenvalue weighted by molar-refractivity contribution is 6.13. The highest BCUT2D eigenvalue weighted by atomic mass is 16.6. The summed E-state index contributed by atoms with van der Waals surface area (Å²) in [6, 6.07) is 5.34. The molecule has 0 spiro atoms. The van der Waals surface area contributed by atoms with Gasteiger partial charge in [0.05, 0.1) is 12.8 Å². The smallest absolute Gasteiger partial charge is 0.359 e. The van der Waals surface area contributed by atoms with Crippen molar-refractivity contribution in [1.29, 1.82) is 0 Å². The molecule has 1 aliphatic heterocycles. The first-order chi connectivity index (χ1) is 7.97. The van der Waals surface area contributed by atoms with Crippen molar-refractivity contribution in [2.45, 2.75) is 19.4 Å². The van der Waals surface area contributed by atoms with E-state index in [0.29, 0.717) is 11.4 Å². The Balaban J connectivity index is 2.43. The monoisotopic (exact) mass is 235 g/mol. The normalized spacial score (nSPS) is 22.2. The van der Waals surface area contributed by atoms with Gasteiger partial charge in [0.1, 0.15) is 5.75 Å². The van der Waals surface area contributed by atoms with Crippen LogP contribution in [0.1, 0.15) is 12.5 Å². The van der Waals surface area contributed by atoms with Crippen molar-refractivity contribution < 1.29 is 19.1 Å². The molecule has 90 valence electrons. The Kier molecular flexibility index (Phi) is 2.53. The minimum absolute atomic E-state index is 0.461. The molecule has 0 saturated heterocycles. The van der Waals surface area contributed by atoms with Crippen LogP contribution in [-0.4, -0.2) is 24.6 Å². The number of carbonyl (C=O) groups excluding carboxylic acids is 2. The zero-order valence-electron chi connectivity index (χ0n) is 9.87. The first kappa shape index (κ1) is 11.4. The number of amides is 1. The molecule has 2 rings (SSSR count). The average molecular weight is 235 g/mol. The molecule has 0 fully saturated rings. The fourth-order valence-corrected chi connectivity index (χ4v) is 1.67. The van der Waals surface area contributed by atoms with Gasteiger partial charge in [0.15, 0.2) is 0 Å². The lowest BCUT2D eigenvalue weighted by Gasteiger charge is -2.32. The van der Waals surface area contributed by atoms with Crippen molar-refractivity contribution in [3.8, 4) is 5.75 Å². The lowest BCUT2D eigenvalue weighted by Crippen LogP contribution is -2.54. The number of fused-ring (bicyclic) bond motifs is 1. The van der Waals surface area contributed by atoms with E-state index in [0.717, 1.165) is 5.56 Å². The minimum atomic E-state index is -1.63. The summed E-state index contributed by atoms with van der Waals surface area (Å²) in [6.45, 7) is 3.29. The second kappa shape index (κ2) is 3.76. The number of benzene rings is 1. The molecular formula is C12H13NO4. The molecule has 1 N–H and O–H groups in total. The summed E-state index contributed by atoms with van der Waals surface area (Å²) in [5, 5.41) is 2.64. The number of esters is 1. The Hall–Kier alpha value is -2.04.